The van der Waals surface area contributed by atoms with Gasteiger partial charge in [-0.15, -0.1) is 22.7 Å². The molecule has 0 atom stereocenters. The zero-order valence-electron chi connectivity index (χ0n) is 11.4. The monoisotopic (exact) mass is 313 g/mol. The summed E-state index contributed by atoms with van der Waals surface area (Å²) in [7, 11) is 0. The highest BCUT2D eigenvalue weighted by Crippen LogP contribution is 2.32. The second-order valence-corrected chi connectivity index (χ2v) is 6.41. The van der Waals surface area contributed by atoms with Gasteiger partial charge in [-0.2, -0.15) is 5.26 Å². The van der Waals surface area contributed by atoms with E-state index in [0.29, 0.717) is 11.4 Å². The molecule has 0 aromatic carbocycles. The van der Waals surface area contributed by atoms with E-state index >= 15 is 0 Å². The molecule has 0 spiro atoms. The number of nitrogens with one attached hydrogen (secondary N) is 1. The van der Waals surface area contributed by atoms with Crippen LogP contribution < -0.4 is 5.32 Å². The lowest BCUT2D eigenvalue weighted by molar-refractivity contribution is 1.20. The van der Waals surface area contributed by atoms with Gasteiger partial charge in [-0.05, 0) is 26.0 Å². The van der Waals surface area contributed by atoms with Gasteiger partial charge >= 0.3 is 0 Å². The molecule has 3 heterocycles. The minimum atomic E-state index is 0.568. The van der Waals surface area contributed by atoms with E-state index in [0.717, 1.165) is 26.4 Å². The normalized spacial score (nSPS) is 10.3. The Morgan fingerprint density at radius 1 is 1.29 bits per heavy atom. The van der Waals surface area contributed by atoms with Crippen molar-refractivity contribution in [1.82, 2.24) is 15.0 Å². The topological polar surface area (TPSA) is 74.5 Å². The Morgan fingerprint density at radius 2 is 2.14 bits per heavy atom. The molecule has 0 unspecified atom stereocenters. The first-order valence-corrected chi connectivity index (χ1v) is 7.88. The summed E-state index contributed by atoms with van der Waals surface area (Å²) in [4.78, 5) is 14.3. The van der Waals surface area contributed by atoms with Crippen LogP contribution >= 0.6 is 22.7 Å². The second-order valence-electron chi connectivity index (χ2n) is 4.35. The van der Waals surface area contributed by atoms with Crippen molar-refractivity contribution in [2.45, 2.75) is 13.8 Å². The fourth-order valence-corrected chi connectivity index (χ4v) is 3.55. The minimum Gasteiger partial charge on any atom is -0.316 e. The maximum Gasteiger partial charge on any atom is 0.188 e. The van der Waals surface area contributed by atoms with Gasteiger partial charge in [0.15, 0.2) is 5.13 Å². The third-order valence-corrected chi connectivity index (χ3v) is 4.62. The molecule has 3 aromatic rings. The maximum absolute atomic E-state index is 8.89. The molecule has 0 bridgehead atoms. The fraction of sp³-hybridized carbons (Fsp3) is 0.143. The molecule has 0 amide bonds. The van der Waals surface area contributed by atoms with E-state index in [9.17, 15) is 0 Å². The number of hydrogen-bond donors (Lipinski definition) is 1. The number of anilines is 2. The molecule has 0 aliphatic heterocycles. The standard InChI is InChI=1S/C14H11N5S2/c1-8-13(21-9(2)17-8)11-7-20-14(18-11)19-12-5-10(6-15)3-4-16-12/h3-5,7H,1-2H3,(H,16,18,19). The average molecular weight is 313 g/mol. The summed E-state index contributed by atoms with van der Waals surface area (Å²) < 4.78 is 0. The summed E-state index contributed by atoms with van der Waals surface area (Å²) >= 11 is 3.14. The molecular formula is C14H11N5S2. The van der Waals surface area contributed by atoms with Gasteiger partial charge < -0.3 is 5.32 Å². The van der Waals surface area contributed by atoms with Crippen LogP contribution in [0.1, 0.15) is 16.3 Å². The Balaban J connectivity index is 1.85. The van der Waals surface area contributed by atoms with Gasteiger partial charge in [0.25, 0.3) is 0 Å². The molecule has 0 radical (unpaired) electrons. The van der Waals surface area contributed by atoms with E-state index in [2.05, 4.69) is 26.3 Å². The van der Waals surface area contributed by atoms with Crippen molar-refractivity contribution in [3.05, 3.63) is 40.0 Å². The molecule has 104 valence electrons. The van der Waals surface area contributed by atoms with Crippen LogP contribution in [0.2, 0.25) is 0 Å². The Bertz CT molecular complexity index is 828. The van der Waals surface area contributed by atoms with E-state index in [-0.39, 0.29) is 0 Å². The lowest BCUT2D eigenvalue weighted by Gasteiger charge is -2.00. The molecular weight excluding hydrogens is 302 g/mol. The van der Waals surface area contributed by atoms with Crippen LogP contribution in [0, 0.1) is 25.2 Å². The zero-order chi connectivity index (χ0) is 14.8. The van der Waals surface area contributed by atoms with Crippen LogP contribution in [-0.4, -0.2) is 15.0 Å². The van der Waals surface area contributed by atoms with Gasteiger partial charge in [-0.25, -0.2) is 15.0 Å². The van der Waals surface area contributed by atoms with E-state index < -0.39 is 0 Å². The van der Waals surface area contributed by atoms with E-state index in [1.54, 1.807) is 29.7 Å². The molecule has 7 heteroatoms. The Hall–Kier alpha value is -2.30. The van der Waals surface area contributed by atoms with Crippen molar-refractivity contribution < 1.29 is 0 Å². The number of nitriles is 1. The molecule has 21 heavy (non-hydrogen) atoms. The number of pyridine rings is 1. The number of hydrogen-bond acceptors (Lipinski definition) is 7. The molecule has 5 nitrogen and oxygen atoms in total. The molecule has 0 saturated carbocycles. The number of nitrogens with zero attached hydrogens (tertiary/aromatic N) is 4. The van der Waals surface area contributed by atoms with Crippen molar-refractivity contribution in [2.75, 3.05) is 5.32 Å². The van der Waals surface area contributed by atoms with Crippen molar-refractivity contribution in [3.63, 3.8) is 0 Å². The van der Waals surface area contributed by atoms with Crippen LogP contribution in [0.25, 0.3) is 10.6 Å². The van der Waals surface area contributed by atoms with E-state index in [1.165, 1.54) is 11.3 Å². The third-order valence-electron chi connectivity index (χ3n) is 2.76. The molecule has 1 N–H and O–H groups in total. The summed E-state index contributed by atoms with van der Waals surface area (Å²) in [6.07, 6.45) is 1.60. The quantitative estimate of drug-likeness (QED) is 0.794. The predicted molar refractivity (Wildman–Crippen MR) is 84.9 cm³/mol. The number of thiazole rings is 2. The van der Waals surface area contributed by atoms with Gasteiger partial charge in [0.05, 0.1) is 32.9 Å². The van der Waals surface area contributed by atoms with Crippen LogP contribution in [0.3, 0.4) is 0 Å². The van der Waals surface area contributed by atoms with Crippen LogP contribution in [0.15, 0.2) is 23.7 Å². The van der Waals surface area contributed by atoms with Crippen molar-refractivity contribution in [2.24, 2.45) is 0 Å². The Kier molecular flexibility index (Phi) is 3.64. The van der Waals surface area contributed by atoms with Gasteiger partial charge in [0.1, 0.15) is 5.82 Å². The average Bonchev–Trinajstić information content (AvgIpc) is 3.05. The largest absolute Gasteiger partial charge is 0.316 e. The molecule has 3 aromatic heterocycles. The predicted octanol–water partition coefficient (Wildman–Crippen LogP) is 3.89. The van der Waals surface area contributed by atoms with Gasteiger partial charge in [-0.1, -0.05) is 0 Å². The van der Waals surface area contributed by atoms with Gasteiger partial charge in [0.2, 0.25) is 0 Å². The summed E-state index contributed by atoms with van der Waals surface area (Å²) in [6, 6.07) is 5.46. The second kappa shape index (κ2) is 5.60. The third kappa shape index (κ3) is 2.91. The Morgan fingerprint density at radius 3 is 2.86 bits per heavy atom. The lowest BCUT2D eigenvalue weighted by Crippen LogP contribution is -1.93. The van der Waals surface area contributed by atoms with Crippen molar-refractivity contribution in [1.29, 1.82) is 5.26 Å². The Labute approximate surface area is 130 Å². The highest BCUT2D eigenvalue weighted by atomic mass is 32.1. The first kappa shape index (κ1) is 13.7. The van der Waals surface area contributed by atoms with E-state index in [4.69, 9.17) is 5.26 Å². The van der Waals surface area contributed by atoms with Crippen LogP contribution in [-0.2, 0) is 0 Å². The van der Waals surface area contributed by atoms with Crippen molar-refractivity contribution >= 4 is 33.6 Å². The van der Waals surface area contributed by atoms with Crippen LogP contribution in [0.4, 0.5) is 10.9 Å². The highest BCUT2D eigenvalue weighted by Gasteiger charge is 2.11. The summed E-state index contributed by atoms with van der Waals surface area (Å²) in [5, 5.41) is 15.8. The first-order valence-electron chi connectivity index (χ1n) is 6.19. The molecule has 0 saturated heterocycles. The number of rotatable bonds is 3. The molecule has 0 aliphatic rings. The number of aromatic nitrogens is 3. The number of aryl methyl sites for hydroxylation is 2. The van der Waals surface area contributed by atoms with Gasteiger partial charge in [0, 0.05) is 11.6 Å². The summed E-state index contributed by atoms with van der Waals surface area (Å²) in [5.41, 5.74) is 2.49. The molecule has 0 aliphatic carbocycles. The van der Waals surface area contributed by atoms with Crippen molar-refractivity contribution in [3.8, 4) is 16.6 Å². The summed E-state index contributed by atoms with van der Waals surface area (Å²) in [5.74, 6) is 0.618. The first-order chi connectivity index (χ1) is 10.2. The molecule has 0 fully saturated rings. The highest BCUT2D eigenvalue weighted by molar-refractivity contribution is 7.16. The lowest BCUT2D eigenvalue weighted by atomic mass is 10.3. The smallest absolute Gasteiger partial charge is 0.188 e. The fourth-order valence-electron chi connectivity index (χ4n) is 1.88. The zero-order valence-corrected chi connectivity index (χ0v) is 13.0. The summed E-state index contributed by atoms with van der Waals surface area (Å²) in [6.45, 7) is 3.98. The van der Waals surface area contributed by atoms with E-state index in [1.807, 2.05) is 19.2 Å². The maximum atomic E-state index is 8.89. The van der Waals surface area contributed by atoms with Crippen LogP contribution in [0.5, 0.6) is 0 Å². The SMILES string of the molecule is Cc1nc(C)c(-c2csc(Nc3cc(C#N)ccn3)n2)s1. The van der Waals surface area contributed by atoms with Gasteiger partial charge in [-0.3, -0.25) is 0 Å². The minimum absolute atomic E-state index is 0.568. The molecule has 3 rings (SSSR count).